The molecule has 2 heterocycles. The average molecular weight is 182 g/mol. The smallest absolute Gasteiger partial charge is 0.241 e. The number of carbonyl (C=O) groups is 1. The van der Waals surface area contributed by atoms with Crippen LogP contribution in [0.1, 0.15) is 11.3 Å². The molecule has 0 saturated heterocycles. The molecule has 3 N–H and O–H groups in total. The van der Waals surface area contributed by atoms with E-state index in [1.165, 1.54) is 4.88 Å². The lowest BCUT2D eigenvalue weighted by atomic mass is 10.2. The second-order valence-electron chi connectivity index (χ2n) is 2.89. The summed E-state index contributed by atoms with van der Waals surface area (Å²) in [5, 5.41) is 4.79. The fourth-order valence-corrected chi connectivity index (χ4v) is 2.14. The Bertz CT molecular complexity index is 308. The molecule has 0 saturated carbocycles. The zero-order valence-electron chi connectivity index (χ0n) is 6.54. The van der Waals surface area contributed by atoms with Crippen molar-refractivity contribution >= 4 is 22.9 Å². The lowest BCUT2D eigenvalue weighted by molar-refractivity contribution is -0.117. The van der Waals surface area contributed by atoms with Crippen molar-refractivity contribution in [1.29, 1.82) is 0 Å². The summed E-state index contributed by atoms with van der Waals surface area (Å²) in [6, 6.07) is 1.58. The number of fused-ring (bicyclic) bond motifs is 1. The Morgan fingerprint density at radius 1 is 1.67 bits per heavy atom. The van der Waals surface area contributed by atoms with Crippen molar-refractivity contribution in [3.63, 3.8) is 0 Å². The van der Waals surface area contributed by atoms with Crippen LogP contribution in [-0.2, 0) is 11.2 Å². The van der Waals surface area contributed by atoms with Crippen LogP contribution in [0.15, 0.2) is 11.4 Å². The molecule has 0 bridgehead atoms. The third kappa shape index (κ3) is 1.23. The monoisotopic (exact) mass is 182 g/mol. The molecule has 1 aromatic heterocycles. The van der Waals surface area contributed by atoms with Crippen molar-refractivity contribution in [2.45, 2.75) is 18.9 Å². The lowest BCUT2D eigenvalue weighted by Crippen LogP contribution is -2.34. The highest BCUT2D eigenvalue weighted by atomic mass is 32.1. The first-order valence-corrected chi connectivity index (χ1v) is 4.78. The van der Waals surface area contributed by atoms with Crippen molar-refractivity contribution in [1.82, 2.24) is 0 Å². The van der Waals surface area contributed by atoms with Gasteiger partial charge in [0.15, 0.2) is 0 Å². The third-order valence-electron chi connectivity index (χ3n) is 2.02. The van der Waals surface area contributed by atoms with E-state index in [9.17, 15) is 4.79 Å². The van der Waals surface area contributed by atoms with E-state index in [4.69, 9.17) is 5.73 Å². The van der Waals surface area contributed by atoms with E-state index < -0.39 is 0 Å². The normalized spacial score (nSPS) is 22.8. The third-order valence-corrected chi connectivity index (χ3v) is 3.00. The standard InChI is InChI=1S/C8H10N2OS/c9-5-1-2-7-6(3-4-12-7)10-8(5)11/h3-5H,1-2,9H2,(H,10,11)/t5-/m0/s1. The van der Waals surface area contributed by atoms with Crippen molar-refractivity contribution in [3.8, 4) is 0 Å². The van der Waals surface area contributed by atoms with Gasteiger partial charge in [0.25, 0.3) is 0 Å². The molecule has 0 spiro atoms. The Morgan fingerprint density at radius 2 is 2.50 bits per heavy atom. The maximum Gasteiger partial charge on any atom is 0.241 e. The number of carbonyl (C=O) groups excluding carboxylic acids is 1. The molecule has 0 fully saturated rings. The zero-order valence-corrected chi connectivity index (χ0v) is 7.36. The van der Waals surface area contributed by atoms with Crippen molar-refractivity contribution in [3.05, 3.63) is 16.3 Å². The summed E-state index contributed by atoms with van der Waals surface area (Å²) in [5.41, 5.74) is 6.55. The van der Waals surface area contributed by atoms with Gasteiger partial charge >= 0.3 is 0 Å². The van der Waals surface area contributed by atoms with Crippen LogP contribution < -0.4 is 11.1 Å². The van der Waals surface area contributed by atoms with Crippen molar-refractivity contribution < 1.29 is 4.79 Å². The Morgan fingerprint density at radius 3 is 3.33 bits per heavy atom. The number of aryl methyl sites for hydroxylation is 1. The van der Waals surface area contributed by atoms with Gasteiger partial charge in [-0.25, -0.2) is 0 Å². The van der Waals surface area contributed by atoms with Crippen LogP contribution >= 0.6 is 11.3 Å². The quantitative estimate of drug-likeness (QED) is 0.628. The summed E-state index contributed by atoms with van der Waals surface area (Å²) in [7, 11) is 0. The Kier molecular flexibility index (Phi) is 1.86. The van der Waals surface area contributed by atoms with E-state index in [-0.39, 0.29) is 11.9 Å². The van der Waals surface area contributed by atoms with E-state index in [1.807, 2.05) is 11.4 Å². The number of amides is 1. The summed E-state index contributed by atoms with van der Waals surface area (Å²) >= 11 is 1.67. The molecular formula is C8H10N2OS. The predicted octanol–water partition coefficient (Wildman–Crippen LogP) is 0.960. The van der Waals surface area contributed by atoms with Gasteiger partial charge in [-0.3, -0.25) is 4.79 Å². The van der Waals surface area contributed by atoms with Gasteiger partial charge in [-0.1, -0.05) is 0 Å². The van der Waals surface area contributed by atoms with E-state index in [1.54, 1.807) is 11.3 Å². The highest BCUT2D eigenvalue weighted by Crippen LogP contribution is 2.26. The van der Waals surface area contributed by atoms with Crippen molar-refractivity contribution in [2.24, 2.45) is 5.73 Å². The zero-order chi connectivity index (χ0) is 8.55. The van der Waals surface area contributed by atoms with E-state index in [0.717, 1.165) is 18.5 Å². The lowest BCUT2D eigenvalue weighted by Gasteiger charge is -2.04. The average Bonchev–Trinajstić information content (AvgIpc) is 2.43. The minimum absolute atomic E-state index is 0.0628. The van der Waals surface area contributed by atoms with Crippen LogP contribution in [0, 0.1) is 0 Å². The highest BCUT2D eigenvalue weighted by molar-refractivity contribution is 7.10. The summed E-state index contributed by atoms with van der Waals surface area (Å²) in [4.78, 5) is 12.5. The van der Waals surface area contributed by atoms with Gasteiger partial charge in [0.1, 0.15) is 0 Å². The van der Waals surface area contributed by atoms with Gasteiger partial charge < -0.3 is 11.1 Å². The molecule has 64 valence electrons. The van der Waals surface area contributed by atoms with Crippen LogP contribution in [-0.4, -0.2) is 11.9 Å². The topological polar surface area (TPSA) is 55.1 Å². The Labute approximate surface area is 74.6 Å². The molecule has 4 heteroatoms. The summed E-state index contributed by atoms with van der Waals surface area (Å²) in [6.07, 6.45) is 1.66. The molecule has 1 atom stereocenters. The molecule has 1 aliphatic heterocycles. The summed E-state index contributed by atoms with van der Waals surface area (Å²) in [5.74, 6) is -0.0628. The van der Waals surface area contributed by atoms with Crippen LogP contribution in [0.25, 0.3) is 0 Å². The fraction of sp³-hybridized carbons (Fsp3) is 0.375. The van der Waals surface area contributed by atoms with Gasteiger partial charge in [-0.15, -0.1) is 11.3 Å². The summed E-state index contributed by atoms with van der Waals surface area (Å²) < 4.78 is 0. The van der Waals surface area contributed by atoms with Crippen LogP contribution in [0.3, 0.4) is 0 Å². The van der Waals surface area contributed by atoms with Crippen LogP contribution in [0.5, 0.6) is 0 Å². The van der Waals surface area contributed by atoms with Crippen LogP contribution in [0.2, 0.25) is 0 Å². The van der Waals surface area contributed by atoms with Gasteiger partial charge in [-0.05, 0) is 24.3 Å². The molecule has 0 unspecified atom stereocenters. The molecule has 0 radical (unpaired) electrons. The minimum Gasteiger partial charge on any atom is -0.324 e. The molecule has 1 amide bonds. The number of rotatable bonds is 0. The van der Waals surface area contributed by atoms with E-state index >= 15 is 0 Å². The van der Waals surface area contributed by atoms with Gasteiger partial charge in [0, 0.05) is 4.88 Å². The van der Waals surface area contributed by atoms with E-state index in [0.29, 0.717) is 0 Å². The largest absolute Gasteiger partial charge is 0.324 e. The highest BCUT2D eigenvalue weighted by Gasteiger charge is 2.20. The second-order valence-corrected chi connectivity index (χ2v) is 3.89. The second kappa shape index (κ2) is 2.88. The first kappa shape index (κ1) is 7.76. The number of anilines is 1. The first-order chi connectivity index (χ1) is 5.77. The van der Waals surface area contributed by atoms with Crippen molar-refractivity contribution in [2.75, 3.05) is 5.32 Å². The fourth-order valence-electron chi connectivity index (χ4n) is 1.29. The molecule has 1 aliphatic rings. The van der Waals surface area contributed by atoms with Gasteiger partial charge in [0.2, 0.25) is 5.91 Å². The predicted molar refractivity (Wildman–Crippen MR) is 49.2 cm³/mol. The van der Waals surface area contributed by atoms with Crippen LogP contribution in [0.4, 0.5) is 5.69 Å². The molecule has 0 aliphatic carbocycles. The number of hydrogen-bond acceptors (Lipinski definition) is 3. The number of hydrogen-bond donors (Lipinski definition) is 2. The van der Waals surface area contributed by atoms with Gasteiger partial charge in [0.05, 0.1) is 11.7 Å². The maximum absolute atomic E-state index is 11.2. The Balaban J connectivity index is 2.30. The van der Waals surface area contributed by atoms with Gasteiger partial charge in [-0.2, -0.15) is 0 Å². The molecule has 0 aromatic carbocycles. The minimum atomic E-state index is -0.343. The maximum atomic E-state index is 11.2. The molecular weight excluding hydrogens is 172 g/mol. The SMILES string of the molecule is N[C@H]1CCc2sccc2NC1=O. The molecule has 1 aromatic rings. The number of nitrogens with one attached hydrogen (secondary N) is 1. The van der Waals surface area contributed by atoms with E-state index in [2.05, 4.69) is 5.32 Å². The summed E-state index contributed by atoms with van der Waals surface area (Å²) in [6.45, 7) is 0. The number of nitrogens with two attached hydrogens (primary N) is 1. The molecule has 2 rings (SSSR count). The number of thiophene rings is 1. The molecule has 3 nitrogen and oxygen atoms in total. The molecule has 12 heavy (non-hydrogen) atoms. The first-order valence-electron chi connectivity index (χ1n) is 3.90. The Hall–Kier alpha value is -0.870.